The molecule has 0 amide bonds. The van der Waals surface area contributed by atoms with E-state index in [1.807, 2.05) is 26.0 Å². The molecule has 0 saturated carbocycles. The van der Waals surface area contributed by atoms with Crippen molar-refractivity contribution in [2.24, 2.45) is 0 Å². The monoisotopic (exact) mass is 343 g/mol. The molecule has 0 saturated heterocycles. The maximum absolute atomic E-state index is 10.9. The summed E-state index contributed by atoms with van der Waals surface area (Å²) in [6.07, 6.45) is 0. The van der Waals surface area contributed by atoms with E-state index in [1.165, 1.54) is 17.4 Å². The lowest BCUT2D eigenvalue weighted by Crippen LogP contribution is -2.08. The van der Waals surface area contributed by atoms with E-state index < -0.39 is 4.92 Å². The lowest BCUT2D eigenvalue weighted by Gasteiger charge is -2.17. The predicted molar refractivity (Wildman–Crippen MR) is 96.0 cm³/mol. The number of thiazole rings is 1. The molecule has 0 spiro atoms. The van der Waals surface area contributed by atoms with Gasteiger partial charge in [-0.15, -0.1) is 0 Å². The summed E-state index contributed by atoms with van der Waals surface area (Å²) in [5.41, 5.74) is 3.02. The number of hydrogen-bond donors (Lipinski definition) is 1. The summed E-state index contributed by atoms with van der Waals surface area (Å²) in [4.78, 5) is 15.0. The van der Waals surface area contributed by atoms with Crippen LogP contribution in [0.4, 0.5) is 10.8 Å². The number of nitro benzene ring substituents is 1. The molecular weight excluding hydrogens is 326 g/mol. The van der Waals surface area contributed by atoms with Crippen molar-refractivity contribution in [1.29, 1.82) is 0 Å². The molecule has 7 heteroatoms. The number of nitro groups is 1. The number of aromatic nitrogens is 1. The highest BCUT2D eigenvalue weighted by atomic mass is 32.1. The maximum Gasteiger partial charge on any atom is 0.270 e. The Kier molecular flexibility index (Phi) is 4.35. The molecule has 0 fully saturated rings. The fraction of sp³-hybridized carbons (Fsp3) is 0.235. The first-order valence-corrected chi connectivity index (χ1v) is 8.25. The third kappa shape index (κ3) is 3.16. The van der Waals surface area contributed by atoms with Crippen molar-refractivity contribution >= 4 is 32.4 Å². The molecule has 1 aromatic heterocycles. The Morgan fingerprint density at radius 3 is 2.79 bits per heavy atom. The molecule has 1 atom stereocenters. The largest absolute Gasteiger partial charge is 0.496 e. The molecular formula is C17H17N3O3S. The summed E-state index contributed by atoms with van der Waals surface area (Å²) in [6.45, 7) is 4.07. The van der Waals surface area contributed by atoms with E-state index in [1.54, 1.807) is 19.2 Å². The van der Waals surface area contributed by atoms with Gasteiger partial charge in [0.05, 0.1) is 28.3 Å². The lowest BCUT2D eigenvalue weighted by molar-refractivity contribution is -0.384. The Morgan fingerprint density at radius 1 is 1.29 bits per heavy atom. The smallest absolute Gasteiger partial charge is 0.270 e. The van der Waals surface area contributed by atoms with Crippen molar-refractivity contribution < 1.29 is 9.66 Å². The second-order valence-electron chi connectivity index (χ2n) is 5.54. The van der Waals surface area contributed by atoms with Gasteiger partial charge >= 0.3 is 0 Å². The Morgan fingerprint density at radius 2 is 2.08 bits per heavy atom. The van der Waals surface area contributed by atoms with Crippen molar-refractivity contribution in [1.82, 2.24) is 4.98 Å². The molecule has 1 unspecified atom stereocenters. The minimum Gasteiger partial charge on any atom is -0.496 e. The van der Waals surface area contributed by atoms with Gasteiger partial charge in [-0.1, -0.05) is 29.0 Å². The summed E-state index contributed by atoms with van der Waals surface area (Å²) in [5.74, 6) is 0.817. The summed E-state index contributed by atoms with van der Waals surface area (Å²) in [6, 6.07) is 10.7. The van der Waals surface area contributed by atoms with Gasteiger partial charge in [-0.05, 0) is 26.0 Å². The van der Waals surface area contributed by atoms with Gasteiger partial charge in [0.25, 0.3) is 5.69 Å². The van der Waals surface area contributed by atoms with Crippen LogP contribution in [0.2, 0.25) is 0 Å². The minimum atomic E-state index is -0.396. The van der Waals surface area contributed by atoms with Crippen molar-refractivity contribution in [3.05, 3.63) is 57.6 Å². The highest BCUT2D eigenvalue weighted by Crippen LogP contribution is 2.33. The van der Waals surface area contributed by atoms with Gasteiger partial charge in [-0.25, -0.2) is 4.98 Å². The van der Waals surface area contributed by atoms with E-state index in [9.17, 15) is 10.1 Å². The van der Waals surface area contributed by atoms with Gasteiger partial charge in [0.1, 0.15) is 5.75 Å². The van der Waals surface area contributed by atoms with Crippen LogP contribution in [0.5, 0.6) is 5.75 Å². The molecule has 0 aliphatic carbocycles. The minimum absolute atomic E-state index is 0.00426. The number of fused-ring (bicyclic) bond motifs is 1. The molecule has 3 aromatic rings. The summed E-state index contributed by atoms with van der Waals surface area (Å²) in [7, 11) is 1.65. The molecule has 3 rings (SSSR count). The quantitative estimate of drug-likeness (QED) is 0.537. The Balaban J connectivity index is 1.89. The summed E-state index contributed by atoms with van der Waals surface area (Å²) >= 11 is 1.40. The molecule has 1 N–H and O–H groups in total. The van der Waals surface area contributed by atoms with Gasteiger partial charge in [0.2, 0.25) is 0 Å². The van der Waals surface area contributed by atoms with Crippen LogP contribution in [0.25, 0.3) is 10.2 Å². The van der Waals surface area contributed by atoms with Crippen molar-refractivity contribution in [2.75, 3.05) is 12.4 Å². The topological polar surface area (TPSA) is 77.3 Å². The number of aryl methyl sites for hydroxylation is 1. The number of non-ortho nitro benzene ring substituents is 1. The van der Waals surface area contributed by atoms with E-state index in [4.69, 9.17) is 4.74 Å². The Bertz CT molecular complexity index is 907. The number of benzene rings is 2. The van der Waals surface area contributed by atoms with E-state index in [-0.39, 0.29) is 11.7 Å². The molecule has 0 bridgehead atoms. The molecule has 124 valence electrons. The standard InChI is InChI=1S/C17H17N3O3S/c1-10-4-7-15(23-3)13(8-10)11(2)18-17-19-14-6-5-12(20(21)22)9-16(14)24-17/h4-9,11H,1-3H3,(H,18,19). The van der Waals surface area contributed by atoms with Crippen LogP contribution in [-0.2, 0) is 0 Å². The second-order valence-corrected chi connectivity index (χ2v) is 6.57. The first-order chi connectivity index (χ1) is 11.5. The van der Waals surface area contributed by atoms with Crippen LogP contribution < -0.4 is 10.1 Å². The van der Waals surface area contributed by atoms with Gasteiger partial charge in [-0.2, -0.15) is 0 Å². The normalized spacial score (nSPS) is 12.1. The van der Waals surface area contributed by atoms with E-state index >= 15 is 0 Å². The number of methoxy groups -OCH3 is 1. The summed E-state index contributed by atoms with van der Waals surface area (Å²) < 4.78 is 6.22. The molecule has 0 aliphatic rings. The SMILES string of the molecule is COc1ccc(C)cc1C(C)Nc1nc2ccc([N+](=O)[O-])cc2s1. The van der Waals surface area contributed by atoms with E-state index in [0.29, 0.717) is 0 Å². The van der Waals surface area contributed by atoms with Crippen LogP contribution >= 0.6 is 11.3 Å². The highest BCUT2D eigenvalue weighted by Gasteiger charge is 2.15. The number of hydrogen-bond acceptors (Lipinski definition) is 6. The molecule has 6 nitrogen and oxygen atoms in total. The lowest BCUT2D eigenvalue weighted by atomic mass is 10.0. The van der Waals surface area contributed by atoms with Crippen LogP contribution in [0.15, 0.2) is 36.4 Å². The molecule has 1 heterocycles. The number of rotatable bonds is 5. The summed E-state index contributed by atoms with van der Waals surface area (Å²) in [5, 5.41) is 15.0. The maximum atomic E-state index is 10.9. The average molecular weight is 343 g/mol. The van der Waals surface area contributed by atoms with Gasteiger partial charge in [0.15, 0.2) is 5.13 Å². The number of anilines is 1. The van der Waals surface area contributed by atoms with Crippen LogP contribution in [0.1, 0.15) is 24.1 Å². The fourth-order valence-electron chi connectivity index (χ4n) is 2.54. The predicted octanol–water partition coefficient (Wildman–Crippen LogP) is 4.69. The number of nitrogens with one attached hydrogen (secondary N) is 1. The zero-order chi connectivity index (χ0) is 17.3. The third-order valence-corrected chi connectivity index (χ3v) is 4.72. The average Bonchev–Trinajstić information content (AvgIpc) is 2.95. The molecule has 0 aliphatic heterocycles. The van der Waals surface area contributed by atoms with E-state index in [0.717, 1.165) is 32.2 Å². The van der Waals surface area contributed by atoms with Gasteiger partial charge < -0.3 is 10.1 Å². The fourth-order valence-corrected chi connectivity index (χ4v) is 3.53. The molecule has 2 aromatic carbocycles. The number of nitrogens with zero attached hydrogens (tertiary/aromatic N) is 2. The van der Waals surface area contributed by atoms with Crippen LogP contribution in [0, 0.1) is 17.0 Å². The zero-order valence-electron chi connectivity index (χ0n) is 13.6. The van der Waals surface area contributed by atoms with Crippen LogP contribution in [-0.4, -0.2) is 17.0 Å². The van der Waals surface area contributed by atoms with E-state index in [2.05, 4.69) is 16.4 Å². The zero-order valence-corrected chi connectivity index (χ0v) is 14.4. The Hall–Kier alpha value is -2.67. The van der Waals surface area contributed by atoms with Crippen LogP contribution in [0.3, 0.4) is 0 Å². The van der Waals surface area contributed by atoms with Crippen molar-refractivity contribution in [3.8, 4) is 5.75 Å². The molecule has 24 heavy (non-hydrogen) atoms. The first-order valence-electron chi connectivity index (χ1n) is 7.44. The van der Waals surface area contributed by atoms with Crippen molar-refractivity contribution in [2.45, 2.75) is 19.9 Å². The third-order valence-electron chi connectivity index (χ3n) is 3.77. The Labute approximate surface area is 143 Å². The van der Waals surface area contributed by atoms with Crippen molar-refractivity contribution in [3.63, 3.8) is 0 Å². The van der Waals surface area contributed by atoms with Gasteiger partial charge in [0, 0.05) is 17.7 Å². The molecule has 0 radical (unpaired) electrons. The second kappa shape index (κ2) is 6.45. The first kappa shape index (κ1) is 16.2. The number of ether oxygens (including phenoxy) is 1. The highest BCUT2D eigenvalue weighted by molar-refractivity contribution is 7.22. The van der Waals surface area contributed by atoms with Gasteiger partial charge in [-0.3, -0.25) is 10.1 Å².